The predicted molar refractivity (Wildman–Crippen MR) is 141 cm³/mol. The van der Waals surface area contributed by atoms with Crippen LogP contribution in [0.3, 0.4) is 0 Å². The van der Waals surface area contributed by atoms with E-state index < -0.39 is 28.5 Å². The second-order valence-electron chi connectivity index (χ2n) is 8.41. The van der Waals surface area contributed by atoms with Crippen LogP contribution in [-0.4, -0.2) is 64.2 Å². The maximum atomic E-state index is 13.6. The molecule has 0 saturated heterocycles. The molecule has 0 heterocycles. The number of hydrogen-bond acceptors (Lipinski definition) is 6. The molecule has 36 heavy (non-hydrogen) atoms. The molecule has 0 fully saturated rings. The van der Waals surface area contributed by atoms with Crippen molar-refractivity contribution in [3.05, 3.63) is 53.1 Å². The lowest BCUT2D eigenvalue weighted by Crippen LogP contribution is -2.52. The summed E-state index contributed by atoms with van der Waals surface area (Å²) in [4.78, 5) is 27.9. The van der Waals surface area contributed by atoms with Crippen LogP contribution in [0.2, 0.25) is 5.02 Å². The average molecular weight is 540 g/mol. The summed E-state index contributed by atoms with van der Waals surface area (Å²) >= 11 is 6.33. The molecule has 0 aliphatic rings. The molecule has 2 amide bonds. The van der Waals surface area contributed by atoms with Crippen LogP contribution in [-0.2, 0) is 26.2 Å². The lowest BCUT2D eigenvalue weighted by Gasteiger charge is -2.32. The van der Waals surface area contributed by atoms with Crippen LogP contribution in [0.25, 0.3) is 0 Å². The Bertz CT molecular complexity index is 1170. The average Bonchev–Trinajstić information content (AvgIpc) is 2.85. The fourth-order valence-electron chi connectivity index (χ4n) is 3.44. The molecule has 0 radical (unpaired) electrons. The highest BCUT2D eigenvalue weighted by molar-refractivity contribution is 7.92. The summed E-state index contributed by atoms with van der Waals surface area (Å²) in [6.07, 6.45) is 1.72. The van der Waals surface area contributed by atoms with E-state index in [1.165, 1.54) is 31.3 Å². The summed E-state index contributed by atoms with van der Waals surface area (Å²) in [5.74, 6) is -0.249. The van der Waals surface area contributed by atoms with Gasteiger partial charge in [0.25, 0.3) is 0 Å². The SMILES string of the molecule is CC[C@H](C)NC(=O)[C@@H](C)N(Cc1ccccc1Cl)C(=O)CN(c1ccc(OC)cc1OC)S(C)(=O)=O. The van der Waals surface area contributed by atoms with Gasteiger partial charge in [0.15, 0.2) is 0 Å². The monoisotopic (exact) mass is 539 g/mol. The van der Waals surface area contributed by atoms with Gasteiger partial charge in [0.05, 0.1) is 26.2 Å². The Morgan fingerprint density at radius 1 is 1.08 bits per heavy atom. The highest BCUT2D eigenvalue weighted by Crippen LogP contribution is 2.33. The van der Waals surface area contributed by atoms with Crippen LogP contribution in [0.15, 0.2) is 42.5 Å². The molecule has 0 aliphatic carbocycles. The largest absolute Gasteiger partial charge is 0.497 e. The van der Waals surface area contributed by atoms with Crippen LogP contribution in [0, 0.1) is 0 Å². The van der Waals surface area contributed by atoms with Crippen molar-refractivity contribution in [3.63, 3.8) is 0 Å². The van der Waals surface area contributed by atoms with Crippen molar-refractivity contribution in [2.45, 2.75) is 45.8 Å². The second kappa shape index (κ2) is 12.8. The number of rotatable bonds is 12. The van der Waals surface area contributed by atoms with Crippen LogP contribution in [0.5, 0.6) is 11.5 Å². The number of carbonyl (C=O) groups is 2. The maximum absolute atomic E-state index is 13.6. The van der Waals surface area contributed by atoms with E-state index in [1.54, 1.807) is 37.3 Å². The van der Waals surface area contributed by atoms with Gasteiger partial charge in [0, 0.05) is 23.7 Å². The molecule has 0 aliphatic heterocycles. The molecule has 0 saturated carbocycles. The number of nitrogens with one attached hydrogen (secondary N) is 1. The van der Waals surface area contributed by atoms with Crippen LogP contribution in [0.1, 0.15) is 32.8 Å². The Morgan fingerprint density at radius 3 is 2.31 bits per heavy atom. The number of sulfonamides is 1. The zero-order valence-electron chi connectivity index (χ0n) is 21.4. The minimum absolute atomic E-state index is 0.0188. The highest BCUT2D eigenvalue weighted by atomic mass is 35.5. The first-order valence-electron chi connectivity index (χ1n) is 11.5. The van der Waals surface area contributed by atoms with E-state index in [9.17, 15) is 18.0 Å². The van der Waals surface area contributed by atoms with Gasteiger partial charge in [-0.3, -0.25) is 13.9 Å². The van der Waals surface area contributed by atoms with Gasteiger partial charge in [0.1, 0.15) is 24.1 Å². The number of hydrogen-bond donors (Lipinski definition) is 1. The van der Waals surface area contributed by atoms with E-state index in [4.69, 9.17) is 21.1 Å². The molecule has 2 atom stereocenters. The molecular formula is C25H34ClN3O6S. The lowest BCUT2D eigenvalue weighted by molar-refractivity contribution is -0.139. The molecule has 1 N–H and O–H groups in total. The number of anilines is 1. The van der Waals surface area contributed by atoms with E-state index in [0.29, 0.717) is 16.3 Å². The number of amides is 2. The third kappa shape index (κ3) is 7.51. The minimum Gasteiger partial charge on any atom is -0.497 e. The zero-order valence-corrected chi connectivity index (χ0v) is 23.0. The Labute approximate surface area is 218 Å². The van der Waals surface area contributed by atoms with Crippen molar-refractivity contribution in [3.8, 4) is 11.5 Å². The summed E-state index contributed by atoms with van der Waals surface area (Å²) in [7, 11) is -1.04. The molecule has 0 spiro atoms. The number of halogens is 1. The summed E-state index contributed by atoms with van der Waals surface area (Å²) in [5, 5.41) is 3.31. The number of ether oxygens (including phenoxy) is 2. The second-order valence-corrected chi connectivity index (χ2v) is 10.7. The van der Waals surface area contributed by atoms with Gasteiger partial charge in [-0.05, 0) is 44.0 Å². The van der Waals surface area contributed by atoms with Gasteiger partial charge in [-0.1, -0.05) is 36.7 Å². The predicted octanol–water partition coefficient (Wildman–Crippen LogP) is 3.46. The Balaban J connectivity index is 2.47. The molecule has 2 aromatic rings. The zero-order chi connectivity index (χ0) is 27.0. The quantitative estimate of drug-likeness (QED) is 0.443. The number of carbonyl (C=O) groups excluding carboxylic acids is 2. The minimum atomic E-state index is -3.91. The first-order chi connectivity index (χ1) is 16.9. The molecule has 9 nitrogen and oxygen atoms in total. The lowest BCUT2D eigenvalue weighted by atomic mass is 10.1. The van der Waals surface area contributed by atoms with Crippen LogP contribution in [0.4, 0.5) is 5.69 Å². The summed E-state index contributed by atoms with van der Waals surface area (Å²) < 4.78 is 37.1. The topological polar surface area (TPSA) is 105 Å². The Morgan fingerprint density at radius 2 is 1.75 bits per heavy atom. The number of methoxy groups -OCH3 is 2. The molecular weight excluding hydrogens is 506 g/mol. The summed E-state index contributed by atoms with van der Waals surface area (Å²) in [6.45, 7) is 4.88. The van der Waals surface area contributed by atoms with E-state index in [0.717, 1.165) is 17.0 Å². The van der Waals surface area contributed by atoms with Crippen molar-refractivity contribution in [1.29, 1.82) is 0 Å². The maximum Gasteiger partial charge on any atom is 0.244 e. The van der Waals surface area contributed by atoms with Crippen molar-refractivity contribution >= 4 is 39.1 Å². The first-order valence-corrected chi connectivity index (χ1v) is 13.7. The van der Waals surface area contributed by atoms with Gasteiger partial charge < -0.3 is 19.7 Å². The van der Waals surface area contributed by atoms with Gasteiger partial charge in [-0.25, -0.2) is 8.42 Å². The Hall–Kier alpha value is -2.98. The van der Waals surface area contributed by atoms with E-state index in [2.05, 4.69) is 5.32 Å². The summed E-state index contributed by atoms with van der Waals surface area (Å²) in [5.41, 5.74) is 0.798. The third-order valence-electron chi connectivity index (χ3n) is 5.80. The van der Waals surface area contributed by atoms with Crippen molar-refractivity contribution in [1.82, 2.24) is 10.2 Å². The molecule has 0 unspecified atom stereocenters. The molecule has 2 aromatic carbocycles. The van der Waals surface area contributed by atoms with Gasteiger partial charge >= 0.3 is 0 Å². The van der Waals surface area contributed by atoms with Crippen LogP contribution >= 0.6 is 11.6 Å². The fraction of sp³-hybridized carbons (Fsp3) is 0.440. The molecule has 0 aromatic heterocycles. The van der Waals surface area contributed by atoms with Gasteiger partial charge in [-0.2, -0.15) is 0 Å². The molecule has 0 bridgehead atoms. The molecule has 11 heteroatoms. The standard InChI is InChI=1S/C25H34ClN3O6S/c1-7-17(2)27-25(31)18(3)28(15-19-10-8-9-11-21(19)26)24(30)16-29(36(6,32)33)22-13-12-20(34-4)14-23(22)35-5/h8-14,17-18H,7,15-16H2,1-6H3,(H,27,31)/t17-,18+/m0/s1. The summed E-state index contributed by atoms with van der Waals surface area (Å²) in [6, 6.07) is 10.6. The normalized spacial score (nSPS) is 12.9. The number of benzene rings is 2. The smallest absolute Gasteiger partial charge is 0.244 e. The molecule has 198 valence electrons. The highest BCUT2D eigenvalue weighted by Gasteiger charge is 2.31. The van der Waals surface area contributed by atoms with Crippen molar-refractivity contribution in [2.75, 3.05) is 31.3 Å². The fourth-order valence-corrected chi connectivity index (χ4v) is 4.49. The number of nitrogens with zero attached hydrogens (tertiary/aromatic N) is 2. The van der Waals surface area contributed by atoms with E-state index in [-0.39, 0.29) is 29.9 Å². The van der Waals surface area contributed by atoms with Gasteiger partial charge in [0.2, 0.25) is 21.8 Å². The molecule has 2 rings (SSSR count). The van der Waals surface area contributed by atoms with E-state index in [1.807, 2.05) is 13.8 Å². The van der Waals surface area contributed by atoms with Crippen molar-refractivity contribution < 1.29 is 27.5 Å². The Kier molecular flexibility index (Phi) is 10.4. The van der Waals surface area contributed by atoms with Crippen LogP contribution < -0.4 is 19.1 Å². The van der Waals surface area contributed by atoms with Crippen molar-refractivity contribution in [2.24, 2.45) is 0 Å². The third-order valence-corrected chi connectivity index (χ3v) is 7.30. The van der Waals surface area contributed by atoms with Gasteiger partial charge in [-0.15, -0.1) is 0 Å². The van der Waals surface area contributed by atoms with E-state index >= 15 is 0 Å². The first kappa shape index (κ1) is 29.3.